The summed E-state index contributed by atoms with van der Waals surface area (Å²) in [5.74, 6) is 0.695. The lowest BCUT2D eigenvalue weighted by Crippen LogP contribution is -2.45. The average Bonchev–Trinajstić information content (AvgIpc) is 3.19. The number of hydrogen-bond donors (Lipinski definition) is 1. The topological polar surface area (TPSA) is 57.6 Å². The lowest BCUT2D eigenvalue weighted by atomic mass is 9.94. The van der Waals surface area contributed by atoms with Crippen LogP contribution in [0.2, 0.25) is 0 Å². The van der Waals surface area contributed by atoms with Crippen LogP contribution in [0.15, 0.2) is 11.4 Å². The molecule has 1 aromatic heterocycles. The predicted octanol–water partition coefficient (Wildman–Crippen LogP) is 2.79. The third-order valence-electron chi connectivity index (χ3n) is 5.33. The average molecular weight is 337 g/mol. The molecule has 4 atom stereocenters. The first kappa shape index (κ1) is 14.6. The number of likely N-dealkylation sites (tertiary alicyclic amines) is 1. The summed E-state index contributed by atoms with van der Waals surface area (Å²) in [5.41, 5.74) is 1.12. The number of rotatable bonds is 2. The van der Waals surface area contributed by atoms with Gasteiger partial charge >= 0.3 is 5.97 Å². The van der Waals surface area contributed by atoms with Crippen molar-refractivity contribution in [1.29, 1.82) is 0 Å². The van der Waals surface area contributed by atoms with E-state index in [1.165, 1.54) is 4.88 Å². The van der Waals surface area contributed by atoms with Crippen LogP contribution in [0.25, 0.3) is 0 Å². The molecule has 4 nitrogen and oxygen atoms in total. The van der Waals surface area contributed by atoms with Crippen LogP contribution in [-0.4, -0.2) is 40.2 Å². The second-order valence-corrected chi connectivity index (χ2v) is 8.64. The third-order valence-corrected chi connectivity index (χ3v) is 7.55. The summed E-state index contributed by atoms with van der Waals surface area (Å²) in [6.45, 7) is 0.636. The minimum atomic E-state index is -0.825. The monoisotopic (exact) mass is 337 g/mol. The normalized spacial score (nSPS) is 33.5. The Morgan fingerprint density at radius 1 is 1.32 bits per heavy atom. The van der Waals surface area contributed by atoms with Crippen molar-refractivity contribution in [3.8, 4) is 0 Å². The summed E-state index contributed by atoms with van der Waals surface area (Å²) in [7, 11) is 0. The van der Waals surface area contributed by atoms with Gasteiger partial charge in [-0.25, -0.2) is 4.79 Å². The Morgan fingerprint density at radius 3 is 3.00 bits per heavy atom. The van der Waals surface area contributed by atoms with Crippen molar-refractivity contribution >= 4 is 35.0 Å². The van der Waals surface area contributed by atoms with Crippen LogP contribution in [0.3, 0.4) is 0 Å². The number of aliphatic carboxylic acids is 1. The zero-order valence-corrected chi connectivity index (χ0v) is 13.9. The standard InChI is InChI=1S/C16H19NO3S2/c18-15(14-11-4-6-21-12(11)5-7-22-14)17-8-9-2-1-3-10(9)13(17)16(19)20/h4,6,9-10,13-14H,1-3,5,7-8H2,(H,19,20). The maximum Gasteiger partial charge on any atom is 0.326 e. The van der Waals surface area contributed by atoms with E-state index in [1.54, 1.807) is 28.0 Å². The van der Waals surface area contributed by atoms with Crippen molar-refractivity contribution in [3.05, 3.63) is 21.9 Å². The van der Waals surface area contributed by atoms with Gasteiger partial charge in [-0.3, -0.25) is 4.79 Å². The summed E-state index contributed by atoms with van der Waals surface area (Å²) >= 11 is 3.38. The molecular weight excluding hydrogens is 318 g/mol. The van der Waals surface area contributed by atoms with Crippen LogP contribution in [-0.2, 0) is 16.0 Å². The highest BCUT2D eigenvalue weighted by Gasteiger charge is 2.51. The van der Waals surface area contributed by atoms with E-state index in [0.29, 0.717) is 12.5 Å². The summed E-state index contributed by atoms with van der Waals surface area (Å²) in [6, 6.07) is 1.44. The molecule has 1 saturated heterocycles. The van der Waals surface area contributed by atoms with E-state index in [9.17, 15) is 14.7 Å². The lowest BCUT2D eigenvalue weighted by Gasteiger charge is -2.30. The van der Waals surface area contributed by atoms with Gasteiger partial charge in [0.2, 0.25) is 5.91 Å². The van der Waals surface area contributed by atoms with Crippen LogP contribution in [0.1, 0.15) is 35.0 Å². The molecule has 1 N–H and O–H groups in total. The Balaban J connectivity index is 1.62. The van der Waals surface area contributed by atoms with Crippen molar-refractivity contribution in [2.75, 3.05) is 12.3 Å². The fourth-order valence-corrected chi connectivity index (χ4v) is 6.71. The Bertz CT molecular complexity index is 614. The molecule has 0 bridgehead atoms. The Morgan fingerprint density at radius 2 is 2.18 bits per heavy atom. The van der Waals surface area contributed by atoms with E-state index in [4.69, 9.17) is 0 Å². The number of carbonyl (C=O) groups excluding carboxylic acids is 1. The van der Waals surface area contributed by atoms with Crippen LogP contribution < -0.4 is 0 Å². The molecule has 4 unspecified atom stereocenters. The zero-order valence-electron chi connectivity index (χ0n) is 12.2. The second kappa shape index (κ2) is 5.57. The van der Waals surface area contributed by atoms with Gasteiger partial charge in [-0.2, -0.15) is 0 Å². The summed E-state index contributed by atoms with van der Waals surface area (Å²) in [5, 5.41) is 11.5. The van der Waals surface area contributed by atoms with Gasteiger partial charge < -0.3 is 10.0 Å². The first-order chi connectivity index (χ1) is 10.7. The van der Waals surface area contributed by atoms with Crippen LogP contribution >= 0.6 is 23.1 Å². The van der Waals surface area contributed by atoms with Crippen molar-refractivity contribution in [2.45, 2.75) is 37.0 Å². The Labute approximate surface area is 137 Å². The first-order valence-electron chi connectivity index (χ1n) is 7.88. The SMILES string of the molecule is O=C(O)C1C2CCCC2CN1C(=O)C1SCCc2sccc21. The molecule has 1 amide bonds. The lowest BCUT2D eigenvalue weighted by molar-refractivity contribution is -0.149. The highest BCUT2D eigenvalue weighted by molar-refractivity contribution is 8.00. The number of hydrogen-bond acceptors (Lipinski definition) is 4. The zero-order chi connectivity index (χ0) is 15.3. The molecule has 2 fully saturated rings. The van der Waals surface area contributed by atoms with Gasteiger partial charge in [-0.15, -0.1) is 23.1 Å². The summed E-state index contributed by atoms with van der Waals surface area (Å²) in [4.78, 5) is 27.8. The minimum Gasteiger partial charge on any atom is -0.480 e. The molecule has 6 heteroatoms. The second-order valence-electron chi connectivity index (χ2n) is 6.43. The number of amides is 1. The van der Waals surface area contributed by atoms with Gasteiger partial charge in [0.05, 0.1) is 0 Å². The van der Waals surface area contributed by atoms with Crippen molar-refractivity contribution in [3.63, 3.8) is 0 Å². The number of carbonyl (C=O) groups is 2. The molecule has 1 aliphatic carbocycles. The molecule has 1 saturated carbocycles. The number of fused-ring (bicyclic) bond motifs is 2. The summed E-state index contributed by atoms with van der Waals surface area (Å²) < 4.78 is 0. The van der Waals surface area contributed by atoms with Crippen molar-refractivity contribution < 1.29 is 14.7 Å². The third kappa shape index (κ3) is 2.19. The van der Waals surface area contributed by atoms with E-state index < -0.39 is 12.0 Å². The minimum absolute atomic E-state index is 0.0196. The largest absolute Gasteiger partial charge is 0.480 e. The van der Waals surface area contributed by atoms with E-state index in [1.807, 2.05) is 11.4 Å². The molecule has 22 heavy (non-hydrogen) atoms. The van der Waals surface area contributed by atoms with Gasteiger partial charge in [0.25, 0.3) is 0 Å². The number of aryl methyl sites for hydroxylation is 1. The first-order valence-corrected chi connectivity index (χ1v) is 9.81. The number of thiophene rings is 1. The molecule has 0 radical (unpaired) electrons. The number of nitrogens with zero attached hydrogens (tertiary/aromatic N) is 1. The highest BCUT2D eigenvalue weighted by Crippen LogP contribution is 2.46. The van der Waals surface area contributed by atoms with Gasteiger partial charge in [0.15, 0.2) is 0 Å². The van der Waals surface area contributed by atoms with Gasteiger partial charge in [-0.05, 0) is 53.9 Å². The smallest absolute Gasteiger partial charge is 0.326 e. The maximum absolute atomic E-state index is 13.1. The van der Waals surface area contributed by atoms with E-state index in [0.717, 1.165) is 37.0 Å². The Hall–Kier alpha value is -1.01. The van der Waals surface area contributed by atoms with E-state index in [-0.39, 0.29) is 17.1 Å². The van der Waals surface area contributed by atoms with Crippen molar-refractivity contribution in [2.24, 2.45) is 11.8 Å². The molecule has 4 rings (SSSR count). The molecule has 3 aliphatic rings. The number of carboxylic acid groups (broad SMARTS) is 1. The van der Waals surface area contributed by atoms with Crippen LogP contribution in [0, 0.1) is 11.8 Å². The van der Waals surface area contributed by atoms with Crippen LogP contribution in [0.5, 0.6) is 0 Å². The van der Waals surface area contributed by atoms with E-state index in [2.05, 4.69) is 0 Å². The van der Waals surface area contributed by atoms with Gasteiger partial charge in [0, 0.05) is 11.4 Å². The molecule has 118 valence electrons. The fourth-order valence-electron chi connectivity index (χ4n) is 4.35. The summed E-state index contributed by atoms with van der Waals surface area (Å²) in [6.07, 6.45) is 4.15. The molecule has 3 heterocycles. The number of thioether (sulfide) groups is 1. The molecule has 0 aromatic carbocycles. The van der Waals surface area contributed by atoms with Crippen LogP contribution in [0.4, 0.5) is 0 Å². The molecule has 1 aromatic rings. The molecular formula is C16H19NO3S2. The fraction of sp³-hybridized carbons (Fsp3) is 0.625. The highest BCUT2D eigenvalue weighted by atomic mass is 32.2. The predicted molar refractivity (Wildman–Crippen MR) is 87.2 cm³/mol. The van der Waals surface area contributed by atoms with E-state index >= 15 is 0 Å². The number of carboxylic acids is 1. The van der Waals surface area contributed by atoms with Crippen molar-refractivity contribution in [1.82, 2.24) is 4.90 Å². The van der Waals surface area contributed by atoms with Gasteiger partial charge in [0.1, 0.15) is 11.3 Å². The molecule has 0 spiro atoms. The quantitative estimate of drug-likeness (QED) is 0.901. The van der Waals surface area contributed by atoms with Gasteiger partial charge in [-0.1, -0.05) is 6.42 Å². The Kier molecular flexibility index (Phi) is 3.69. The maximum atomic E-state index is 13.1. The molecule has 2 aliphatic heterocycles.